The zero-order chi connectivity index (χ0) is 29.0. The molecule has 6 heteroatoms. The molecule has 4 aliphatic carbocycles. The second kappa shape index (κ2) is 10.3. The normalized spacial score (nSPS) is 36.1. The van der Waals surface area contributed by atoms with Crippen molar-refractivity contribution in [3.8, 4) is 0 Å². The smallest absolute Gasteiger partial charge is 0.318 e. The lowest BCUT2D eigenvalue weighted by molar-refractivity contribution is -0.184. The van der Waals surface area contributed by atoms with Crippen LogP contribution in [0.4, 0.5) is 0 Å². The minimum absolute atomic E-state index is 0.00135. The number of ketones is 2. The van der Waals surface area contributed by atoms with Crippen LogP contribution < -0.4 is 0 Å². The molecule has 4 aliphatic rings. The van der Waals surface area contributed by atoms with Crippen molar-refractivity contribution in [2.75, 3.05) is 6.61 Å². The fraction of sp³-hybridized carbons (Fsp3) is 0.514. The number of hydrogen-bond donors (Lipinski definition) is 2. The molecular weight excluding hydrogens is 516 g/mol. The molecule has 2 aromatic carbocycles. The lowest BCUT2D eigenvalue weighted by atomic mass is 9.45. The predicted molar refractivity (Wildman–Crippen MR) is 154 cm³/mol. The van der Waals surface area contributed by atoms with Crippen LogP contribution in [0.15, 0.2) is 72.3 Å². The minimum atomic E-state index is -1.68. The van der Waals surface area contributed by atoms with E-state index in [1.807, 2.05) is 67.6 Å². The Balaban J connectivity index is 1.21. The second-order valence-electron chi connectivity index (χ2n) is 13.3. The Labute approximate surface area is 241 Å². The molecule has 2 N–H and O–H groups in total. The number of ether oxygens (including phenoxy) is 1. The number of hydrogen-bond acceptors (Lipinski definition) is 6. The van der Waals surface area contributed by atoms with Crippen molar-refractivity contribution in [1.29, 1.82) is 0 Å². The van der Waals surface area contributed by atoms with Gasteiger partial charge in [0.15, 0.2) is 12.4 Å². The minimum Gasteiger partial charge on any atom is -0.457 e. The van der Waals surface area contributed by atoms with Gasteiger partial charge in [0.25, 0.3) is 0 Å². The van der Waals surface area contributed by atoms with Crippen LogP contribution in [0.3, 0.4) is 0 Å². The van der Waals surface area contributed by atoms with Gasteiger partial charge in [0, 0.05) is 11.8 Å². The van der Waals surface area contributed by atoms with Crippen LogP contribution in [0.2, 0.25) is 0 Å². The molecule has 3 fully saturated rings. The number of carbonyl (C=O) groups excluding carboxylic acids is 3. The maximum Gasteiger partial charge on any atom is 0.318 e. The lowest BCUT2D eigenvalue weighted by Crippen LogP contribution is -2.62. The number of allylic oxidation sites excluding steroid dienone is 1. The average Bonchev–Trinajstić information content (AvgIpc) is 3.24. The highest BCUT2D eigenvalue weighted by molar-refractivity contribution is 5.93. The first kappa shape index (κ1) is 28.0. The van der Waals surface area contributed by atoms with E-state index in [4.69, 9.17) is 4.74 Å². The van der Waals surface area contributed by atoms with E-state index in [0.29, 0.717) is 25.7 Å². The van der Waals surface area contributed by atoms with Gasteiger partial charge in [0.05, 0.1) is 6.10 Å². The topological polar surface area (TPSA) is 101 Å². The van der Waals surface area contributed by atoms with E-state index < -0.39 is 41.4 Å². The SMILES string of the molecule is C[C@]12CCC(=O)C=C1CC[C@@H]1[C@@H]2[C@H](O)C[C@@]2(C)[C@H]1CC[C@]2(O)C(=O)COC(=O)C(c1ccccc1)c1ccccc1. The summed E-state index contributed by atoms with van der Waals surface area (Å²) < 4.78 is 5.66. The zero-order valence-electron chi connectivity index (χ0n) is 23.9. The van der Waals surface area contributed by atoms with Crippen LogP contribution >= 0.6 is 0 Å². The Bertz CT molecular complexity index is 1330. The van der Waals surface area contributed by atoms with Crippen molar-refractivity contribution in [3.05, 3.63) is 83.4 Å². The largest absolute Gasteiger partial charge is 0.457 e. The Hall–Kier alpha value is -3.09. The van der Waals surface area contributed by atoms with Gasteiger partial charge in [0.1, 0.15) is 11.5 Å². The Morgan fingerprint density at radius 3 is 2.22 bits per heavy atom. The molecule has 41 heavy (non-hydrogen) atoms. The van der Waals surface area contributed by atoms with E-state index in [9.17, 15) is 24.6 Å². The highest BCUT2D eigenvalue weighted by Crippen LogP contribution is 2.67. The third-order valence-electron chi connectivity index (χ3n) is 11.4. The molecule has 3 saturated carbocycles. The summed E-state index contributed by atoms with van der Waals surface area (Å²) in [4.78, 5) is 39.4. The van der Waals surface area contributed by atoms with Gasteiger partial charge in [-0.3, -0.25) is 14.4 Å². The molecule has 2 aromatic rings. The molecule has 0 amide bonds. The van der Waals surface area contributed by atoms with Crippen molar-refractivity contribution in [2.45, 2.75) is 76.4 Å². The van der Waals surface area contributed by atoms with E-state index in [1.54, 1.807) is 6.08 Å². The molecule has 216 valence electrons. The number of carbonyl (C=O) groups is 3. The molecule has 0 aliphatic heterocycles. The fourth-order valence-corrected chi connectivity index (χ4v) is 9.25. The first-order valence-corrected chi connectivity index (χ1v) is 15.0. The summed E-state index contributed by atoms with van der Waals surface area (Å²) in [5.41, 5.74) is -0.0432. The molecule has 0 saturated heterocycles. The third kappa shape index (κ3) is 4.42. The van der Waals surface area contributed by atoms with Crippen LogP contribution in [0.5, 0.6) is 0 Å². The molecule has 7 atom stereocenters. The quantitative estimate of drug-likeness (QED) is 0.477. The average molecular weight is 557 g/mol. The highest BCUT2D eigenvalue weighted by atomic mass is 16.5. The first-order chi connectivity index (χ1) is 19.6. The van der Waals surface area contributed by atoms with Crippen LogP contribution in [0, 0.1) is 28.6 Å². The van der Waals surface area contributed by atoms with Gasteiger partial charge in [-0.05, 0) is 78.9 Å². The van der Waals surface area contributed by atoms with E-state index in [-0.39, 0.29) is 29.0 Å². The van der Waals surface area contributed by atoms with Crippen molar-refractivity contribution in [3.63, 3.8) is 0 Å². The van der Waals surface area contributed by atoms with Gasteiger partial charge >= 0.3 is 5.97 Å². The van der Waals surface area contributed by atoms with Gasteiger partial charge in [-0.25, -0.2) is 0 Å². The van der Waals surface area contributed by atoms with Crippen LogP contribution in [-0.2, 0) is 19.1 Å². The third-order valence-corrected chi connectivity index (χ3v) is 11.4. The number of Topliss-reactive ketones (excluding diaryl/α,β-unsaturated/α-hetero) is 1. The van der Waals surface area contributed by atoms with E-state index in [0.717, 1.165) is 36.0 Å². The second-order valence-corrected chi connectivity index (χ2v) is 13.3. The summed E-state index contributed by atoms with van der Waals surface area (Å²) in [5.74, 6) is -1.32. The number of aliphatic hydroxyl groups is 2. The first-order valence-electron chi connectivity index (χ1n) is 15.0. The molecule has 0 radical (unpaired) electrons. The molecule has 0 spiro atoms. The molecule has 0 bridgehead atoms. The van der Waals surface area contributed by atoms with Gasteiger partial charge in [-0.15, -0.1) is 0 Å². The summed E-state index contributed by atoms with van der Waals surface area (Å²) >= 11 is 0. The number of fused-ring (bicyclic) bond motifs is 5. The Morgan fingerprint density at radius 2 is 1.59 bits per heavy atom. The number of esters is 1. The van der Waals surface area contributed by atoms with Gasteiger partial charge in [-0.1, -0.05) is 80.1 Å². The maximum absolute atomic E-state index is 13.8. The summed E-state index contributed by atoms with van der Waals surface area (Å²) in [5, 5.41) is 23.7. The molecule has 0 heterocycles. The van der Waals surface area contributed by atoms with Gasteiger partial charge in [0.2, 0.25) is 5.78 Å². The summed E-state index contributed by atoms with van der Waals surface area (Å²) in [7, 11) is 0. The van der Waals surface area contributed by atoms with Gasteiger partial charge < -0.3 is 14.9 Å². The molecule has 0 unspecified atom stereocenters. The van der Waals surface area contributed by atoms with Crippen LogP contribution in [0.25, 0.3) is 0 Å². The number of rotatable bonds is 6. The Morgan fingerprint density at radius 1 is 0.951 bits per heavy atom. The summed E-state index contributed by atoms with van der Waals surface area (Å²) in [6.45, 7) is 3.62. The van der Waals surface area contributed by atoms with E-state index in [1.165, 1.54) is 0 Å². The van der Waals surface area contributed by atoms with Crippen LogP contribution in [-0.4, -0.2) is 46.1 Å². The van der Waals surface area contributed by atoms with Crippen LogP contribution in [0.1, 0.15) is 75.8 Å². The maximum atomic E-state index is 13.8. The standard InChI is InChI=1S/C35H40O6/c1-33-17-15-25(36)19-24(33)13-14-26-27-16-18-35(40,34(27,2)20-28(37)31(26)33)29(38)21-41-32(39)30(22-9-5-3-6-10-22)23-11-7-4-8-12-23/h3-12,19,26-28,30-31,37,40H,13-18,20-21H2,1-2H3/t26-,27-,28+,31+,33-,34-,35-/m0/s1. The zero-order valence-corrected chi connectivity index (χ0v) is 23.9. The lowest BCUT2D eigenvalue weighted by Gasteiger charge is -2.60. The van der Waals surface area contributed by atoms with Crippen molar-refractivity contribution < 1.29 is 29.3 Å². The fourth-order valence-electron chi connectivity index (χ4n) is 9.25. The van der Waals surface area contributed by atoms with Crippen molar-refractivity contribution >= 4 is 17.5 Å². The molecule has 6 nitrogen and oxygen atoms in total. The summed E-state index contributed by atoms with van der Waals surface area (Å²) in [6, 6.07) is 18.7. The van der Waals surface area contributed by atoms with Crippen molar-refractivity contribution in [2.24, 2.45) is 28.6 Å². The van der Waals surface area contributed by atoms with Crippen molar-refractivity contribution in [1.82, 2.24) is 0 Å². The monoisotopic (exact) mass is 556 g/mol. The molecular formula is C35H40O6. The summed E-state index contributed by atoms with van der Waals surface area (Å²) in [6.07, 6.45) is 5.29. The Kier molecular flexibility index (Phi) is 7.06. The number of aliphatic hydroxyl groups excluding tert-OH is 1. The number of benzene rings is 2. The predicted octanol–water partition coefficient (Wildman–Crippen LogP) is 5.16. The van der Waals surface area contributed by atoms with Gasteiger partial charge in [-0.2, -0.15) is 0 Å². The molecule has 6 rings (SSSR count). The highest BCUT2D eigenvalue weighted by Gasteiger charge is 2.68. The molecule has 0 aromatic heterocycles. The van der Waals surface area contributed by atoms with E-state index in [2.05, 4.69) is 6.92 Å². The van der Waals surface area contributed by atoms with E-state index >= 15 is 0 Å².